The third-order valence-corrected chi connectivity index (χ3v) is 2.10. The summed E-state index contributed by atoms with van der Waals surface area (Å²) in [6.07, 6.45) is 8.18. The van der Waals surface area contributed by atoms with Crippen molar-refractivity contribution >= 4 is 12.2 Å². The van der Waals surface area contributed by atoms with Crippen LogP contribution in [-0.4, -0.2) is 10.2 Å². The molecule has 0 aliphatic heterocycles. The van der Waals surface area contributed by atoms with Crippen LogP contribution in [0.1, 0.15) is 64.4 Å². The molecule has 1 rings (SSSR count). The second-order valence-corrected chi connectivity index (χ2v) is 3.59. The van der Waals surface area contributed by atoms with Crippen LogP contribution in [0.4, 0.5) is 0 Å². The minimum absolute atomic E-state index is 0.479. The van der Waals surface area contributed by atoms with E-state index in [1.54, 1.807) is 0 Å². The quantitative estimate of drug-likeness (QED) is 0.790. The van der Waals surface area contributed by atoms with E-state index < -0.39 is 0 Å². The van der Waals surface area contributed by atoms with Crippen molar-refractivity contribution < 1.29 is 0 Å². The lowest BCUT2D eigenvalue weighted by Gasteiger charge is -2.02. The van der Waals surface area contributed by atoms with E-state index in [0.717, 1.165) is 5.69 Å². The van der Waals surface area contributed by atoms with Gasteiger partial charge in [0.15, 0.2) is 0 Å². The van der Waals surface area contributed by atoms with Crippen LogP contribution in [0.5, 0.6) is 0 Å². The molecule has 0 saturated carbocycles. The molecule has 0 radical (unpaired) electrons. The number of hydrogen-bond acceptors (Lipinski definition) is 1. The number of rotatable bonds is 3. The van der Waals surface area contributed by atoms with E-state index in [2.05, 4.69) is 30.1 Å². The molecule has 0 aliphatic rings. The van der Waals surface area contributed by atoms with E-state index in [4.69, 9.17) is 0 Å². The predicted molar refractivity (Wildman–Crippen MR) is 73.4 cm³/mol. The zero-order valence-electron chi connectivity index (χ0n) is 11.3. The Bertz CT molecular complexity index is 344. The van der Waals surface area contributed by atoms with E-state index in [0.29, 0.717) is 5.92 Å². The van der Waals surface area contributed by atoms with Gasteiger partial charge in [0.05, 0.1) is 5.69 Å². The van der Waals surface area contributed by atoms with E-state index >= 15 is 0 Å². The fourth-order valence-corrected chi connectivity index (χ4v) is 1.45. The highest BCUT2D eigenvalue weighted by Crippen LogP contribution is 2.22. The van der Waals surface area contributed by atoms with Gasteiger partial charge in [0, 0.05) is 11.3 Å². The highest BCUT2D eigenvalue weighted by molar-refractivity contribution is 5.64. The maximum atomic E-state index is 4.28. The van der Waals surface area contributed by atoms with Crippen LogP contribution in [0.15, 0.2) is 12.2 Å². The van der Waals surface area contributed by atoms with Crippen molar-refractivity contribution in [3.63, 3.8) is 0 Å². The van der Waals surface area contributed by atoms with Gasteiger partial charge in [-0.3, -0.25) is 5.10 Å². The molecule has 16 heavy (non-hydrogen) atoms. The van der Waals surface area contributed by atoms with Crippen LogP contribution in [-0.2, 0) is 0 Å². The molecule has 1 aromatic heterocycles. The van der Waals surface area contributed by atoms with Gasteiger partial charge in [0.1, 0.15) is 0 Å². The number of H-pyrrole nitrogens is 1. The van der Waals surface area contributed by atoms with Crippen molar-refractivity contribution in [3.8, 4) is 0 Å². The lowest BCUT2D eigenvalue weighted by atomic mass is 10.0. The summed E-state index contributed by atoms with van der Waals surface area (Å²) in [5.74, 6) is 0.479. The van der Waals surface area contributed by atoms with Crippen molar-refractivity contribution in [3.05, 3.63) is 29.1 Å². The van der Waals surface area contributed by atoms with Crippen LogP contribution in [0.3, 0.4) is 0 Å². The smallest absolute Gasteiger partial charge is 0.0920 e. The first-order chi connectivity index (χ1) is 7.70. The normalized spacial score (nSPS) is 11.2. The van der Waals surface area contributed by atoms with Crippen LogP contribution in [0.25, 0.3) is 12.2 Å². The molecule has 0 fully saturated rings. The van der Waals surface area contributed by atoms with Gasteiger partial charge in [-0.2, -0.15) is 5.10 Å². The number of nitrogens with one attached hydrogen (secondary N) is 1. The molecule has 0 amide bonds. The summed E-state index contributed by atoms with van der Waals surface area (Å²) in [5.41, 5.74) is 3.44. The predicted octanol–water partition coefficient (Wildman–Crippen LogP) is 4.63. The second-order valence-electron chi connectivity index (χ2n) is 3.59. The summed E-state index contributed by atoms with van der Waals surface area (Å²) < 4.78 is 0. The lowest BCUT2D eigenvalue weighted by molar-refractivity contribution is 0.808. The molecule has 0 unspecified atom stereocenters. The molecular formula is C14H24N2. The van der Waals surface area contributed by atoms with Crippen molar-refractivity contribution in [2.24, 2.45) is 0 Å². The number of aromatic nitrogens is 2. The first-order valence-corrected chi connectivity index (χ1v) is 6.04. The van der Waals surface area contributed by atoms with E-state index in [-0.39, 0.29) is 0 Å². The molecular weight excluding hydrogens is 196 g/mol. The van der Waals surface area contributed by atoms with Crippen LogP contribution < -0.4 is 0 Å². The van der Waals surface area contributed by atoms with Gasteiger partial charge < -0.3 is 0 Å². The molecule has 0 aromatic carbocycles. The highest BCUT2D eigenvalue weighted by atomic mass is 15.1. The maximum Gasteiger partial charge on any atom is 0.0920 e. The Morgan fingerprint density at radius 2 is 1.62 bits per heavy atom. The first kappa shape index (κ1) is 14.7. The molecule has 1 aromatic rings. The number of nitrogens with zero attached hydrogens (tertiary/aromatic N) is 1. The molecule has 0 aliphatic carbocycles. The average molecular weight is 220 g/mol. The molecule has 0 spiro atoms. The van der Waals surface area contributed by atoms with Gasteiger partial charge in [-0.15, -0.1) is 0 Å². The molecule has 1 N–H and O–H groups in total. The molecule has 0 saturated heterocycles. The van der Waals surface area contributed by atoms with Crippen molar-refractivity contribution in [2.45, 2.75) is 47.5 Å². The highest BCUT2D eigenvalue weighted by Gasteiger charge is 2.10. The lowest BCUT2D eigenvalue weighted by Crippen LogP contribution is -1.90. The summed E-state index contributed by atoms with van der Waals surface area (Å²) in [7, 11) is 0. The average Bonchev–Trinajstić information content (AvgIpc) is 2.66. The molecule has 90 valence electrons. The fraction of sp³-hybridized carbons (Fsp3) is 0.500. The summed E-state index contributed by atoms with van der Waals surface area (Å²) in [4.78, 5) is 0. The molecule has 1 heterocycles. The number of allylic oxidation sites excluding steroid dienone is 2. The monoisotopic (exact) mass is 220 g/mol. The Morgan fingerprint density at radius 1 is 1.06 bits per heavy atom. The summed E-state index contributed by atoms with van der Waals surface area (Å²) in [6, 6.07) is 0. The first-order valence-electron chi connectivity index (χ1n) is 6.04. The Balaban J connectivity index is 0.00000106. The molecule has 2 heteroatoms. The standard InChI is InChI=1S/C12H18N2.C2H6/c1-5-7-10-11(8-6-2)13-14-12(10)9(3)4;1-2/h5-9H,1-4H3,(H,13,14);1-2H3/b7-5-,8-6-;. The van der Waals surface area contributed by atoms with Gasteiger partial charge >= 0.3 is 0 Å². The van der Waals surface area contributed by atoms with Crippen molar-refractivity contribution in [1.82, 2.24) is 10.2 Å². The largest absolute Gasteiger partial charge is 0.281 e. The minimum Gasteiger partial charge on any atom is -0.281 e. The Labute approximate surface area is 99.5 Å². The van der Waals surface area contributed by atoms with Crippen molar-refractivity contribution in [2.75, 3.05) is 0 Å². The van der Waals surface area contributed by atoms with Crippen LogP contribution in [0.2, 0.25) is 0 Å². The van der Waals surface area contributed by atoms with E-state index in [9.17, 15) is 0 Å². The fourth-order valence-electron chi connectivity index (χ4n) is 1.45. The zero-order chi connectivity index (χ0) is 12.6. The van der Waals surface area contributed by atoms with Crippen molar-refractivity contribution in [1.29, 1.82) is 0 Å². The molecule has 2 nitrogen and oxygen atoms in total. The summed E-state index contributed by atoms with van der Waals surface area (Å²) >= 11 is 0. The molecule has 0 atom stereocenters. The third kappa shape index (κ3) is 3.69. The minimum atomic E-state index is 0.479. The summed E-state index contributed by atoms with van der Waals surface area (Å²) in [6.45, 7) is 12.4. The van der Waals surface area contributed by atoms with Crippen LogP contribution in [0, 0.1) is 0 Å². The van der Waals surface area contributed by atoms with Crippen LogP contribution >= 0.6 is 0 Å². The van der Waals surface area contributed by atoms with E-state index in [1.807, 2.05) is 45.9 Å². The van der Waals surface area contributed by atoms with E-state index in [1.165, 1.54) is 11.3 Å². The summed E-state index contributed by atoms with van der Waals surface area (Å²) in [5, 5.41) is 7.37. The molecule has 0 bridgehead atoms. The third-order valence-electron chi connectivity index (χ3n) is 2.10. The van der Waals surface area contributed by atoms with Gasteiger partial charge in [-0.25, -0.2) is 0 Å². The number of aromatic amines is 1. The number of hydrogen-bond donors (Lipinski definition) is 1. The Hall–Kier alpha value is -1.31. The van der Waals surface area contributed by atoms with Gasteiger partial charge in [0.2, 0.25) is 0 Å². The second kappa shape index (κ2) is 7.91. The zero-order valence-corrected chi connectivity index (χ0v) is 11.3. The SMILES string of the molecule is C/C=C\c1n[nH]c(C(C)C)c1/C=C\C.CC. The topological polar surface area (TPSA) is 28.7 Å². The van der Waals surface area contributed by atoms with Gasteiger partial charge in [-0.05, 0) is 25.8 Å². The Kier molecular flexibility index (Phi) is 7.27. The maximum absolute atomic E-state index is 4.28. The Morgan fingerprint density at radius 3 is 2.06 bits per heavy atom. The van der Waals surface area contributed by atoms with Gasteiger partial charge in [0.25, 0.3) is 0 Å². The van der Waals surface area contributed by atoms with Gasteiger partial charge in [-0.1, -0.05) is 45.9 Å².